The molecular weight excluding hydrogens is 352 g/mol. The van der Waals surface area contributed by atoms with Gasteiger partial charge in [0.25, 0.3) is 0 Å². The lowest BCUT2D eigenvalue weighted by atomic mass is 10.3. The van der Waals surface area contributed by atoms with Crippen LogP contribution in [0.2, 0.25) is 0 Å². The molecule has 4 nitrogen and oxygen atoms in total. The maximum absolute atomic E-state index is 5.89. The van der Waals surface area contributed by atoms with Crippen molar-refractivity contribution < 1.29 is 9.47 Å². The first-order chi connectivity index (χ1) is 8.16. The third kappa shape index (κ3) is 3.37. The summed E-state index contributed by atoms with van der Waals surface area (Å²) >= 11 is 6.75. The molecule has 0 aromatic heterocycles. The molecule has 92 valence electrons. The highest BCUT2D eigenvalue weighted by atomic mass is 79.9. The quantitative estimate of drug-likeness (QED) is 0.626. The molecule has 17 heavy (non-hydrogen) atoms. The minimum atomic E-state index is 0.564. The van der Waals surface area contributed by atoms with Crippen molar-refractivity contribution in [3.05, 3.63) is 33.1 Å². The first-order valence-electron chi connectivity index (χ1n) is 5.10. The standard InChI is InChI=1S/C11H12Br2N2O2/c12-7-3-9(13)11(14)10(4-7)17-6-8-5-15-1-2-16-8/h3-4,6,15H,1-2,5,14H2/b8-6-. The molecule has 0 saturated carbocycles. The zero-order valence-electron chi connectivity index (χ0n) is 9.00. The highest BCUT2D eigenvalue weighted by molar-refractivity contribution is 9.11. The van der Waals surface area contributed by atoms with E-state index < -0.39 is 0 Å². The van der Waals surface area contributed by atoms with Crippen molar-refractivity contribution in [3.8, 4) is 5.75 Å². The van der Waals surface area contributed by atoms with Crippen LogP contribution in [0.1, 0.15) is 0 Å². The predicted molar refractivity (Wildman–Crippen MR) is 73.8 cm³/mol. The zero-order chi connectivity index (χ0) is 12.3. The Morgan fingerprint density at radius 2 is 2.24 bits per heavy atom. The van der Waals surface area contributed by atoms with E-state index in [1.807, 2.05) is 12.1 Å². The third-order valence-corrected chi connectivity index (χ3v) is 3.35. The number of ether oxygens (including phenoxy) is 2. The molecule has 1 fully saturated rings. The summed E-state index contributed by atoms with van der Waals surface area (Å²) in [6, 6.07) is 3.68. The van der Waals surface area contributed by atoms with Crippen molar-refractivity contribution in [3.63, 3.8) is 0 Å². The number of anilines is 1. The molecule has 0 radical (unpaired) electrons. The maximum atomic E-state index is 5.89. The van der Waals surface area contributed by atoms with Gasteiger partial charge in [0.15, 0.2) is 5.75 Å². The van der Waals surface area contributed by atoms with Crippen LogP contribution < -0.4 is 15.8 Å². The van der Waals surface area contributed by atoms with Gasteiger partial charge in [-0.3, -0.25) is 0 Å². The Bertz CT molecular complexity index is 441. The summed E-state index contributed by atoms with van der Waals surface area (Å²) < 4.78 is 12.6. The monoisotopic (exact) mass is 362 g/mol. The molecule has 0 spiro atoms. The molecule has 0 unspecified atom stereocenters. The van der Waals surface area contributed by atoms with Crippen LogP contribution in [-0.2, 0) is 4.74 Å². The number of nitrogens with two attached hydrogens (primary N) is 1. The number of halogens is 2. The van der Waals surface area contributed by atoms with Crippen molar-refractivity contribution in [2.75, 3.05) is 25.4 Å². The summed E-state index contributed by atoms with van der Waals surface area (Å²) in [5.74, 6) is 1.36. The van der Waals surface area contributed by atoms with Gasteiger partial charge >= 0.3 is 0 Å². The van der Waals surface area contributed by atoms with Crippen LogP contribution in [-0.4, -0.2) is 19.7 Å². The van der Waals surface area contributed by atoms with Crippen LogP contribution in [0.15, 0.2) is 33.1 Å². The van der Waals surface area contributed by atoms with E-state index in [0.717, 1.165) is 21.2 Å². The highest BCUT2D eigenvalue weighted by Crippen LogP contribution is 2.33. The fraction of sp³-hybridized carbons (Fsp3) is 0.273. The minimum Gasteiger partial charge on any atom is -0.492 e. The highest BCUT2D eigenvalue weighted by Gasteiger charge is 2.08. The average Bonchev–Trinajstić information content (AvgIpc) is 2.33. The van der Waals surface area contributed by atoms with Crippen molar-refractivity contribution in [1.29, 1.82) is 0 Å². The smallest absolute Gasteiger partial charge is 0.151 e. The Balaban J connectivity index is 2.13. The van der Waals surface area contributed by atoms with Gasteiger partial charge < -0.3 is 20.5 Å². The molecular formula is C11H12Br2N2O2. The van der Waals surface area contributed by atoms with Crippen LogP contribution in [0.3, 0.4) is 0 Å². The van der Waals surface area contributed by atoms with Gasteiger partial charge in [-0.1, -0.05) is 15.9 Å². The maximum Gasteiger partial charge on any atom is 0.151 e. The van der Waals surface area contributed by atoms with E-state index in [1.165, 1.54) is 0 Å². The summed E-state index contributed by atoms with van der Waals surface area (Å²) in [6.45, 7) is 2.20. The topological polar surface area (TPSA) is 56.5 Å². The normalized spacial score (nSPS) is 17.9. The molecule has 2 rings (SSSR count). The van der Waals surface area contributed by atoms with E-state index in [4.69, 9.17) is 15.2 Å². The van der Waals surface area contributed by atoms with Gasteiger partial charge in [0.2, 0.25) is 0 Å². The first kappa shape index (κ1) is 12.7. The van der Waals surface area contributed by atoms with Crippen LogP contribution in [0.25, 0.3) is 0 Å². The van der Waals surface area contributed by atoms with E-state index in [9.17, 15) is 0 Å². The number of hydrogen-bond acceptors (Lipinski definition) is 4. The summed E-state index contributed by atoms with van der Waals surface area (Å²) in [4.78, 5) is 0. The Morgan fingerprint density at radius 1 is 1.41 bits per heavy atom. The van der Waals surface area contributed by atoms with Gasteiger partial charge in [0.1, 0.15) is 18.6 Å². The van der Waals surface area contributed by atoms with E-state index in [2.05, 4.69) is 37.2 Å². The lowest BCUT2D eigenvalue weighted by molar-refractivity contribution is 0.168. The van der Waals surface area contributed by atoms with Crippen LogP contribution in [0, 0.1) is 0 Å². The van der Waals surface area contributed by atoms with Crippen molar-refractivity contribution >= 4 is 37.5 Å². The molecule has 0 amide bonds. The lowest BCUT2D eigenvalue weighted by Gasteiger charge is -2.17. The lowest BCUT2D eigenvalue weighted by Crippen LogP contribution is -2.29. The van der Waals surface area contributed by atoms with Gasteiger partial charge in [-0.2, -0.15) is 0 Å². The fourth-order valence-corrected chi connectivity index (χ4v) is 2.57. The second kappa shape index (κ2) is 5.75. The summed E-state index contributed by atoms with van der Waals surface area (Å²) in [5.41, 5.74) is 6.45. The van der Waals surface area contributed by atoms with Crippen LogP contribution in [0.4, 0.5) is 5.69 Å². The van der Waals surface area contributed by atoms with E-state index in [0.29, 0.717) is 24.6 Å². The fourth-order valence-electron chi connectivity index (χ4n) is 1.38. The van der Waals surface area contributed by atoms with E-state index in [-0.39, 0.29) is 0 Å². The van der Waals surface area contributed by atoms with Gasteiger partial charge in [0.05, 0.1) is 12.2 Å². The van der Waals surface area contributed by atoms with Gasteiger partial charge in [-0.25, -0.2) is 0 Å². The number of morpholine rings is 1. The Hall–Kier alpha value is -0.720. The van der Waals surface area contributed by atoms with E-state index in [1.54, 1.807) is 6.26 Å². The Kier molecular flexibility index (Phi) is 4.31. The van der Waals surface area contributed by atoms with Gasteiger partial charge in [0, 0.05) is 15.5 Å². The molecule has 1 aliphatic heterocycles. The van der Waals surface area contributed by atoms with E-state index >= 15 is 0 Å². The number of rotatable bonds is 2. The van der Waals surface area contributed by atoms with Crippen molar-refractivity contribution in [2.24, 2.45) is 0 Å². The molecule has 6 heteroatoms. The number of benzene rings is 1. The molecule has 0 bridgehead atoms. The van der Waals surface area contributed by atoms with Gasteiger partial charge in [-0.05, 0) is 28.1 Å². The molecule has 1 aromatic rings. The number of hydrogen-bond donors (Lipinski definition) is 2. The molecule has 0 atom stereocenters. The Morgan fingerprint density at radius 3 is 2.94 bits per heavy atom. The van der Waals surface area contributed by atoms with Crippen LogP contribution in [0.5, 0.6) is 5.75 Å². The number of nitrogen functional groups attached to an aromatic ring is 1. The Labute approximate surface area is 116 Å². The molecule has 3 N–H and O–H groups in total. The minimum absolute atomic E-state index is 0.564. The molecule has 1 saturated heterocycles. The second-order valence-electron chi connectivity index (χ2n) is 3.53. The first-order valence-corrected chi connectivity index (χ1v) is 6.69. The number of nitrogens with one attached hydrogen (secondary N) is 1. The molecule has 1 aliphatic rings. The molecule has 1 heterocycles. The van der Waals surface area contributed by atoms with Crippen molar-refractivity contribution in [1.82, 2.24) is 5.32 Å². The molecule has 1 aromatic carbocycles. The van der Waals surface area contributed by atoms with Gasteiger partial charge in [-0.15, -0.1) is 0 Å². The SMILES string of the molecule is Nc1c(Br)cc(Br)cc1O/C=C1/CNCCO1. The summed E-state index contributed by atoms with van der Waals surface area (Å²) in [5, 5.41) is 3.19. The summed E-state index contributed by atoms with van der Waals surface area (Å²) in [6.07, 6.45) is 1.58. The van der Waals surface area contributed by atoms with Crippen LogP contribution >= 0.6 is 31.9 Å². The van der Waals surface area contributed by atoms with Crippen molar-refractivity contribution in [2.45, 2.75) is 0 Å². The summed E-state index contributed by atoms with van der Waals surface area (Å²) in [7, 11) is 0. The average molecular weight is 364 g/mol. The zero-order valence-corrected chi connectivity index (χ0v) is 12.2. The predicted octanol–water partition coefficient (Wildman–Crippen LogP) is 2.63. The second-order valence-corrected chi connectivity index (χ2v) is 5.30. The third-order valence-electron chi connectivity index (χ3n) is 2.24. The largest absolute Gasteiger partial charge is 0.492 e. The molecule has 0 aliphatic carbocycles.